The SMILES string of the molecule is CCCC1CCC(c2ccc(C3OCCO3)c(C)c2)CC1. The molecule has 2 aliphatic rings. The van der Waals surface area contributed by atoms with Gasteiger partial charge in [0.2, 0.25) is 0 Å². The summed E-state index contributed by atoms with van der Waals surface area (Å²) in [7, 11) is 0. The Balaban J connectivity index is 1.65. The van der Waals surface area contributed by atoms with Crippen molar-refractivity contribution >= 4 is 0 Å². The van der Waals surface area contributed by atoms with Gasteiger partial charge in [-0.1, -0.05) is 38.0 Å². The summed E-state index contributed by atoms with van der Waals surface area (Å²) in [4.78, 5) is 0. The molecule has 1 saturated heterocycles. The van der Waals surface area contributed by atoms with Gasteiger partial charge in [-0.3, -0.25) is 0 Å². The molecule has 0 radical (unpaired) electrons. The van der Waals surface area contributed by atoms with E-state index in [-0.39, 0.29) is 6.29 Å². The van der Waals surface area contributed by atoms with E-state index < -0.39 is 0 Å². The van der Waals surface area contributed by atoms with E-state index in [2.05, 4.69) is 32.0 Å². The summed E-state index contributed by atoms with van der Waals surface area (Å²) in [5, 5.41) is 0. The minimum atomic E-state index is -0.139. The van der Waals surface area contributed by atoms with Crippen molar-refractivity contribution in [3.63, 3.8) is 0 Å². The number of ether oxygens (including phenoxy) is 2. The van der Waals surface area contributed by atoms with Crippen molar-refractivity contribution in [3.05, 3.63) is 34.9 Å². The van der Waals surface area contributed by atoms with Gasteiger partial charge in [0.05, 0.1) is 13.2 Å². The fourth-order valence-corrected chi connectivity index (χ4v) is 3.95. The second kappa shape index (κ2) is 6.93. The van der Waals surface area contributed by atoms with Crippen LogP contribution in [0.3, 0.4) is 0 Å². The maximum atomic E-state index is 5.62. The van der Waals surface area contributed by atoms with Crippen molar-refractivity contribution < 1.29 is 9.47 Å². The Hall–Kier alpha value is -0.860. The Bertz CT molecular complexity index is 455. The van der Waals surface area contributed by atoms with E-state index in [4.69, 9.17) is 9.47 Å². The molecule has 0 spiro atoms. The molecular weight excluding hydrogens is 260 g/mol. The van der Waals surface area contributed by atoms with Crippen LogP contribution in [0.2, 0.25) is 0 Å². The van der Waals surface area contributed by atoms with Crippen molar-refractivity contribution in [1.82, 2.24) is 0 Å². The predicted octanol–water partition coefficient (Wildman–Crippen LogP) is 5.11. The summed E-state index contributed by atoms with van der Waals surface area (Å²) < 4.78 is 11.2. The fourth-order valence-electron chi connectivity index (χ4n) is 3.95. The molecule has 1 heterocycles. The predicted molar refractivity (Wildman–Crippen MR) is 85.4 cm³/mol. The first-order chi connectivity index (χ1) is 10.3. The molecule has 0 atom stereocenters. The zero-order chi connectivity index (χ0) is 14.7. The minimum Gasteiger partial charge on any atom is -0.346 e. The van der Waals surface area contributed by atoms with E-state index in [1.807, 2.05) is 0 Å². The number of hydrogen-bond donors (Lipinski definition) is 0. The highest BCUT2D eigenvalue weighted by molar-refractivity contribution is 5.34. The molecule has 116 valence electrons. The zero-order valence-corrected chi connectivity index (χ0v) is 13.4. The van der Waals surface area contributed by atoms with Gasteiger partial charge in [0.15, 0.2) is 6.29 Å². The average Bonchev–Trinajstić information content (AvgIpc) is 3.02. The first-order valence-electron chi connectivity index (χ1n) is 8.61. The van der Waals surface area contributed by atoms with Gasteiger partial charge in [0.25, 0.3) is 0 Å². The van der Waals surface area contributed by atoms with Gasteiger partial charge in [0, 0.05) is 5.56 Å². The van der Waals surface area contributed by atoms with Gasteiger partial charge in [-0.25, -0.2) is 0 Å². The third kappa shape index (κ3) is 3.49. The Morgan fingerprint density at radius 1 is 1.05 bits per heavy atom. The molecule has 1 aliphatic heterocycles. The smallest absolute Gasteiger partial charge is 0.184 e. The second-order valence-corrected chi connectivity index (χ2v) is 6.70. The van der Waals surface area contributed by atoms with Crippen molar-refractivity contribution in [2.24, 2.45) is 5.92 Å². The molecule has 0 aromatic heterocycles. The lowest BCUT2D eigenvalue weighted by atomic mass is 9.77. The summed E-state index contributed by atoms with van der Waals surface area (Å²) in [6.07, 6.45) is 8.16. The summed E-state index contributed by atoms with van der Waals surface area (Å²) in [6, 6.07) is 6.89. The molecule has 0 N–H and O–H groups in total. The molecule has 2 heteroatoms. The molecule has 1 aliphatic carbocycles. The van der Waals surface area contributed by atoms with Crippen LogP contribution in [0.5, 0.6) is 0 Å². The van der Waals surface area contributed by atoms with Gasteiger partial charge in [-0.2, -0.15) is 0 Å². The maximum absolute atomic E-state index is 5.62. The molecule has 2 nitrogen and oxygen atoms in total. The standard InChI is InChI=1S/C19H28O2/c1-3-4-15-5-7-16(8-6-15)17-9-10-18(14(2)13-17)19-20-11-12-21-19/h9-10,13,15-16,19H,3-8,11-12H2,1-2H3. The molecule has 0 unspecified atom stereocenters. The van der Waals surface area contributed by atoms with Crippen LogP contribution in [0.15, 0.2) is 18.2 Å². The molecule has 1 aromatic rings. The van der Waals surface area contributed by atoms with E-state index >= 15 is 0 Å². The Labute approximate surface area is 128 Å². The first kappa shape index (κ1) is 15.1. The third-order valence-corrected chi connectivity index (χ3v) is 5.18. The molecule has 1 aromatic carbocycles. The number of rotatable bonds is 4. The van der Waals surface area contributed by atoms with Crippen LogP contribution < -0.4 is 0 Å². The lowest BCUT2D eigenvalue weighted by molar-refractivity contribution is -0.0445. The molecule has 2 fully saturated rings. The average molecular weight is 288 g/mol. The Kier molecular flexibility index (Phi) is 4.97. The molecule has 21 heavy (non-hydrogen) atoms. The van der Waals surface area contributed by atoms with Crippen LogP contribution in [-0.2, 0) is 9.47 Å². The maximum Gasteiger partial charge on any atom is 0.184 e. The van der Waals surface area contributed by atoms with Crippen molar-refractivity contribution in [3.8, 4) is 0 Å². The molecule has 0 amide bonds. The summed E-state index contributed by atoms with van der Waals surface area (Å²) in [5.74, 6) is 1.74. The Morgan fingerprint density at radius 3 is 2.38 bits per heavy atom. The first-order valence-corrected chi connectivity index (χ1v) is 8.61. The van der Waals surface area contributed by atoms with Gasteiger partial charge >= 0.3 is 0 Å². The Morgan fingerprint density at radius 2 is 1.76 bits per heavy atom. The highest BCUT2D eigenvalue weighted by atomic mass is 16.7. The van der Waals surface area contributed by atoms with Gasteiger partial charge in [-0.15, -0.1) is 0 Å². The minimum absolute atomic E-state index is 0.139. The largest absolute Gasteiger partial charge is 0.346 e. The third-order valence-electron chi connectivity index (χ3n) is 5.18. The van der Waals surface area contributed by atoms with E-state index in [1.54, 1.807) is 0 Å². The highest BCUT2D eigenvalue weighted by Gasteiger charge is 2.24. The summed E-state index contributed by atoms with van der Waals surface area (Å²) in [5.41, 5.74) is 4.04. The van der Waals surface area contributed by atoms with Crippen LogP contribution in [0.4, 0.5) is 0 Å². The van der Waals surface area contributed by atoms with Gasteiger partial charge < -0.3 is 9.47 Å². The van der Waals surface area contributed by atoms with Crippen molar-refractivity contribution in [1.29, 1.82) is 0 Å². The highest BCUT2D eigenvalue weighted by Crippen LogP contribution is 2.38. The molecule has 1 saturated carbocycles. The van der Waals surface area contributed by atoms with Crippen LogP contribution in [0, 0.1) is 12.8 Å². The van der Waals surface area contributed by atoms with E-state index in [9.17, 15) is 0 Å². The van der Waals surface area contributed by atoms with E-state index in [0.29, 0.717) is 13.2 Å². The molecule has 0 bridgehead atoms. The van der Waals surface area contributed by atoms with E-state index in [0.717, 1.165) is 11.8 Å². The topological polar surface area (TPSA) is 18.5 Å². The summed E-state index contributed by atoms with van der Waals surface area (Å²) in [6.45, 7) is 5.93. The van der Waals surface area contributed by atoms with Crippen LogP contribution in [-0.4, -0.2) is 13.2 Å². The summed E-state index contributed by atoms with van der Waals surface area (Å²) >= 11 is 0. The normalized spacial score (nSPS) is 27.1. The van der Waals surface area contributed by atoms with Crippen LogP contribution in [0.25, 0.3) is 0 Å². The van der Waals surface area contributed by atoms with Crippen LogP contribution in [0.1, 0.15) is 74.3 Å². The van der Waals surface area contributed by atoms with Crippen molar-refractivity contribution in [2.75, 3.05) is 13.2 Å². The molecular formula is C19H28O2. The number of benzene rings is 1. The second-order valence-electron chi connectivity index (χ2n) is 6.70. The number of hydrogen-bond acceptors (Lipinski definition) is 2. The fraction of sp³-hybridized carbons (Fsp3) is 0.684. The molecule has 3 rings (SSSR count). The monoisotopic (exact) mass is 288 g/mol. The quantitative estimate of drug-likeness (QED) is 0.766. The number of aryl methyl sites for hydroxylation is 1. The van der Waals surface area contributed by atoms with Gasteiger partial charge in [-0.05, 0) is 55.6 Å². The van der Waals surface area contributed by atoms with E-state index in [1.165, 1.54) is 55.2 Å². The zero-order valence-electron chi connectivity index (χ0n) is 13.4. The van der Waals surface area contributed by atoms with Crippen molar-refractivity contribution in [2.45, 2.75) is 64.6 Å². The van der Waals surface area contributed by atoms with Crippen LogP contribution >= 0.6 is 0 Å². The van der Waals surface area contributed by atoms with Gasteiger partial charge in [0.1, 0.15) is 0 Å². The lowest BCUT2D eigenvalue weighted by Gasteiger charge is -2.29. The lowest BCUT2D eigenvalue weighted by Crippen LogP contribution is -2.13.